The fourth-order valence-electron chi connectivity index (χ4n) is 3.79. The van der Waals surface area contributed by atoms with Gasteiger partial charge in [-0.05, 0) is 42.5 Å². The smallest absolute Gasteiger partial charge is 0.335 e. The minimum atomic E-state index is -4.89. The van der Waals surface area contributed by atoms with E-state index < -0.39 is 18.0 Å². The van der Waals surface area contributed by atoms with E-state index >= 15 is 0 Å². The van der Waals surface area contributed by atoms with E-state index in [9.17, 15) is 27.6 Å². The van der Waals surface area contributed by atoms with Crippen LogP contribution >= 0.6 is 0 Å². The first-order chi connectivity index (χ1) is 13.1. The molecule has 1 saturated heterocycles. The van der Waals surface area contributed by atoms with E-state index in [0.29, 0.717) is 5.69 Å². The van der Waals surface area contributed by atoms with Crippen molar-refractivity contribution in [3.05, 3.63) is 23.8 Å². The number of halogens is 3. The Morgan fingerprint density at radius 2 is 1.86 bits per heavy atom. The molecule has 2 aliphatic rings. The number of hydrogen-bond acceptors (Lipinski definition) is 3. The van der Waals surface area contributed by atoms with Crippen LogP contribution in [-0.4, -0.2) is 41.9 Å². The molecule has 2 heterocycles. The van der Waals surface area contributed by atoms with Crippen LogP contribution in [-0.2, 0) is 14.4 Å². The van der Waals surface area contributed by atoms with Gasteiger partial charge in [0.2, 0.25) is 11.8 Å². The van der Waals surface area contributed by atoms with E-state index in [1.807, 2.05) is 13.8 Å². The number of amides is 3. The quantitative estimate of drug-likeness (QED) is 0.823. The lowest BCUT2D eigenvalue weighted by atomic mass is 9.89. The van der Waals surface area contributed by atoms with E-state index in [0.717, 1.165) is 16.2 Å². The van der Waals surface area contributed by atoms with Crippen LogP contribution in [0, 0.1) is 11.8 Å². The highest BCUT2D eigenvalue weighted by Gasteiger charge is 2.43. The minimum absolute atomic E-state index is 0.0739. The third-order valence-electron chi connectivity index (χ3n) is 5.26. The first-order valence-electron chi connectivity index (χ1n) is 9.19. The molecule has 28 heavy (non-hydrogen) atoms. The fraction of sp³-hybridized carbons (Fsp3) is 0.526. The third-order valence-corrected chi connectivity index (χ3v) is 5.26. The van der Waals surface area contributed by atoms with Gasteiger partial charge in [-0.15, -0.1) is 0 Å². The van der Waals surface area contributed by atoms with Crippen LogP contribution in [0.15, 0.2) is 18.2 Å². The zero-order chi connectivity index (χ0) is 20.6. The molecule has 0 aliphatic carbocycles. The van der Waals surface area contributed by atoms with Crippen molar-refractivity contribution in [1.29, 1.82) is 0 Å². The van der Waals surface area contributed by atoms with Crippen molar-refractivity contribution in [1.82, 2.24) is 4.90 Å². The minimum Gasteiger partial charge on any atom is -0.335 e. The molecular weight excluding hydrogens is 375 g/mol. The number of fused-ring (bicyclic) bond motifs is 1. The van der Waals surface area contributed by atoms with Crippen LogP contribution in [0.1, 0.15) is 38.2 Å². The largest absolute Gasteiger partial charge is 0.471 e. The van der Waals surface area contributed by atoms with Gasteiger partial charge in [-0.3, -0.25) is 14.4 Å². The van der Waals surface area contributed by atoms with Crippen molar-refractivity contribution in [3.8, 4) is 0 Å². The average molecular weight is 397 g/mol. The zero-order valence-corrected chi connectivity index (χ0v) is 15.6. The summed E-state index contributed by atoms with van der Waals surface area (Å²) in [6, 6.07) is 5.18. The molecule has 3 amide bonds. The predicted molar refractivity (Wildman–Crippen MR) is 96.6 cm³/mol. The number of nitrogens with zero attached hydrogens (tertiary/aromatic N) is 1. The van der Waals surface area contributed by atoms with Gasteiger partial charge in [0.15, 0.2) is 0 Å². The van der Waals surface area contributed by atoms with Crippen LogP contribution in [0.2, 0.25) is 0 Å². The third kappa shape index (κ3) is 3.98. The van der Waals surface area contributed by atoms with E-state index in [1.54, 1.807) is 18.2 Å². The van der Waals surface area contributed by atoms with Gasteiger partial charge >= 0.3 is 12.1 Å². The number of carbonyl (C=O) groups is 3. The summed E-state index contributed by atoms with van der Waals surface area (Å²) >= 11 is 0. The Balaban J connectivity index is 1.62. The highest BCUT2D eigenvalue weighted by molar-refractivity contribution is 6.04. The summed E-state index contributed by atoms with van der Waals surface area (Å²) in [5, 5.41) is 5.61. The highest BCUT2D eigenvalue weighted by Crippen LogP contribution is 2.38. The van der Waals surface area contributed by atoms with Gasteiger partial charge in [0.05, 0.1) is 5.92 Å². The molecule has 0 aromatic heterocycles. The molecule has 9 heteroatoms. The Bertz CT molecular complexity index is 799. The first-order valence-corrected chi connectivity index (χ1v) is 9.19. The molecule has 0 saturated carbocycles. The van der Waals surface area contributed by atoms with Gasteiger partial charge in [-0.2, -0.15) is 13.2 Å². The molecule has 1 atom stereocenters. The summed E-state index contributed by atoms with van der Waals surface area (Å²) in [4.78, 5) is 36.6. The summed E-state index contributed by atoms with van der Waals surface area (Å²) < 4.78 is 37.5. The number of anilines is 2. The van der Waals surface area contributed by atoms with Crippen LogP contribution in [0.3, 0.4) is 0 Å². The maximum absolute atomic E-state index is 12.5. The number of alkyl halides is 3. The Hall–Kier alpha value is -2.58. The monoisotopic (exact) mass is 397 g/mol. The Kier molecular flexibility index (Phi) is 5.36. The molecule has 3 rings (SSSR count). The van der Waals surface area contributed by atoms with Crippen molar-refractivity contribution in [2.75, 3.05) is 23.7 Å². The number of rotatable bonds is 3. The molecular formula is C19H22F3N3O3. The summed E-state index contributed by atoms with van der Waals surface area (Å²) in [5.41, 5.74) is 2.09. The lowest BCUT2D eigenvalue weighted by Crippen LogP contribution is -2.46. The summed E-state index contributed by atoms with van der Waals surface area (Å²) in [6.07, 6.45) is -4.54. The number of carbonyl (C=O) groups excluding carboxylic acids is 3. The van der Waals surface area contributed by atoms with Gasteiger partial charge in [0.1, 0.15) is 0 Å². The molecule has 0 radical (unpaired) electrons. The molecule has 152 valence electrons. The number of piperidine rings is 1. The molecule has 0 spiro atoms. The van der Waals surface area contributed by atoms with E-state index in [4.69, 9.17) is 0 Å². The van der Waals surface area contributed by atoms with Crippen LogP contribution in [0.4, 0.5) is 24.5 Å². The van der Waals surface area contributed by atoms with Crippen LogP contribution in [0.25, 0.3) is 0 Å². The molecule has 1 aromatic rings. The highest BCUT2D eigenvalue weighted by atomic mass is 19.4. The Morgan fingerprint density at radius 3 is 2.43 bits per heavy atom. The molecule has 1 aromatic carbocycles. The maximum Gasteiger partial charge on any atom is 0.471 e. The average Bonchev–Trinajstić information content (AvgIpc) is 2.95. The molecule has 6 nitrogen and oxygen atoms in total. The normalized spacial score (nSPS) is 20.1. The SMILES string of the molecule is CC(C)C1C(=O)Nc2ccc(NC(=O)C3CCN(C(=O)C(F)(F)F)CC3)cc21. The summed E-state index contributed by atoms with van der Waals surface area (Å²) in [7, 11) is 0. The second kappa shape index (κ2) is 7.44. The molecule has 1 unspecified atom stereocenters. The van der Waals surface area contributed by atoms with Crippen molar-refractivity contribution in [2.24, 2.45) is 11.8 Å². The van der Waals surface area contributed by atoms with Crippen molar-refractivity contribution >= 4 is 29.1 Å². The van der Waals surface area contributed by atoms with Crippen molar-refractivity contribution in [3.63, 3.8) is 0 Å². The second-order valence-corrected chi connectivity index (χ2v) is 7.57. The lowest BCUT2D eigenvalue weighted by Gasteiger charge is -2.31. The summed E-state index contributed by atoms with van der Waals surface area (Å²) in [5.74, 6) is -2.88. The van der Waals surface area contributed by atoms with Crippen LogP contribution in [0.5, 0.6) is 0 Å². The molecule has 2 aliphatic heterocycles. The van der Waals surface area contributed by atoms with Gasteiger partial charge in [0, 0.05) is 30.4 Å². The van der Waals surface area contributed by atoms with Crippen LogP contribution < -0.4 is 10.6 Å². The molecule has 0 bridgehead atoms. The van der Waals surface area contributed by atoms with Gasteiger partial charge < -0.3 is 15.5 Å². The molecule has 2 N–H and O–H groups in total. The lowest BCUT2D eigenvalue weighted by molar-refractivity contribution is -0.186. The Morgan fingerprint density at radius 1 is 1.21 bits per heavy atom. The van der Waals surface area contributed by atoms with Gasteiger partial charge in [-0.25, -0.2) is 0 Å². The number of hydrogen-bond donors (Lipinski definition) is 2. The van der Waals surface area contributed by atoms with E-state index in [2.05, 4.69) is 10.6 Å². The number of likely N-dealkylation sites (tertiary alicyclic amines) is 1. The number of benzene rings is 1. The Labute approximate surface area is 160 Å². The topological polar surface area (TPSA) is 78.5 Å². The second-order valence-electron chi connectivity index (χ2n) is 7.57. The fourth-order valence-corrected chi connectivity index (χ4v) is 3.79. The van der Waals surface area contributed by atoms with E-state index in [1.165, 1.54) is 0 Å². The van der Waals surface area contributed by atoms with E-state index in [-0.39, 0.29) is 49.6 Å². The zero-order valence-electron chi connectivity index (χ0n) is 15.6. The maximum atomic E-state index is 12.5. The van der Waals surface area contributed by atoms with Gasteiger partial charge in [-0.1, -0.05) is 13.8 Å². The molecule has 1 fully saturated rings. The summed E-state index contributed by atoms with van der Waals surface area (Å²) in [6.45, 7) is 3.68. The van der Waals surface area contributed by atoms with Crippen molar-refractivity contribution in [2.45, 2.75) is 38.8 Å². The van der Waals surface area contributed by atoms with Crippen molar-refractivity contribution < 1.29 is 27.6 Å². The van der Waals surface area contributed by atoms with Gasteiger partial charge in [0.25, 0.3) is 0 Å². The predicted octanol–water partition coefficient (Wildman–Crippen LogP) is 3.12. The standard InChI is InChI=1S/C19H22F3N3O3/c1-10(2)15-13-9-12(3-4-14(13)24-17(15)27)23-16(26)11-5-7-25(8-6-11)18(28)19(20,21)22/h3-4,9-11,15H,5-8H2,1-2H3,(H,23,26)(H,24,27). The number of nitrogens with one attached hydrogen (secondary N) is 2. The first kappa shape index (κ1) is 20.2.